The number of rotatable bonds is 5. The molecule has 0 aromatic heterocycles. The van der Waals surface area contributed by atoms with Gasteiger partial charge in [0.15, 0.2) is 0 Å². The average Bonchev–Trinajstić information content (AvgIpc) is 2.28. The summed E-state index contributed by atoms with van der Waals surface area (Å²) in [4.78, 5) is 10.7. The molecule has 94 valence electrons. The molecule has 17 heavy (non-hydrogen) atoms. The largest absolute Gasteiger partial charge is 0.494 e. The molecule has 0 heterocycles. The van der Waals surface area contributed by atoms with Crippen molar-refractivity contribution in [1.82, 2.24) is 0 Å². The number of hydrogen-bond donors (Lipinski definition) is 0. The number of hydrogen-bond acceptors (Lipinski definition) is 2. The van der Waals surface area contributed by atoms with E-state index in [9.17, 15) is 13.6 Å². The molecule has 0 bridgehead atoms. The second-order valence-corrected chi connectivity index (χ2v) is 4.42. The van der Waals surface area contributed by atoms with E-state index in [1.807, 2.05) is 0 Å². The van der Waals surface area contributed by atoms with Gasteiger partial charge in [0.2, 0.25) is 0 Å². The summed E-state index contributed by atoms with van der Waals surface area (Å²) in [5.74, 6) is 0.298. The van der Waals surface area contributed by atoms with Crippen LogP contribution >= 0.6 is 15.9 Å². The molecule has 0 saturated heterocycles. The SMILES string of the molecule is CCOc1ccc(C(F)F)cc1C(Br)C(C)=O. The molecule has 1 aromatic rings. The fraction of sp³-hybridized carbons (Fsp3) is 0.417. The predicted molar refractivity (Wildman–Crippen MR) is 64.9 cm³/mol. The molecule has 0 aliphatic heterocycles. The Kier molecular flexibility index (Phi) is 5.05. The van der Waals surface area contributed by atoms with Crippen LogP contribution in [0.4, 0.5) is 8.78 Å². The molecule has 2 nitrogen and oxygen atoms in total. The van der Waals surface area contributed by atoms with Gasteiger partial charge in [-0.3, -0.25) is 4.79 Å². The Bertz CT molecular complexity index is 407. The van der Waals surface area contributed by atoms with Gasteiger partial charge >= 0.3 is 0 Å². The minimum atomic E-state index is -2.56. The third kappa shape index (κ3) is 3.49. The third-order valence-electron chi connectivity index (χ3n) is 2.22. The smallest absolute Gasteiger partial charge is 0.263 e. The van der Waals surface area contributed by atoms with Crippen LogP contribution in [0.5, 0.6) is 5.75 Å². The first-order chi connectivity index (χ1) is 7.97. The Balaban J connectivity index is 3.19. The number of benzene rings is 1. The van der Waals surface area contributed by atoms with Crippen molar-refractivity contribution >= 4 is 21.7 Å². The summed E-state index contributed by atoms with van der Waals surface area (Å²) in [6, 6.07) is 4.08. The normalized spacial score (nSPS) is 12.6. The van der Waals surface area contributed by atoms with E-state index in [4.69, 9.17) is 4.74 Å². The standard InChI is InChI=1S/C12H13BrF2O2/c1-3-17-10-5-4-8(12(14)15)6-9(10)11(13)7(2)16/h4-6,11-12H,3H2,1-2H3. The molecule has 0 saturated carbocycles. The number of Topliss-reactive ketones (excluding diaryl/α,β-unsaturated/α-hetero) is 1. The van der Waals surface area contributed by atoms with Crippen LogP contribution in [0, 0.1) is 0 Å². The van der Waals surface area contributed by atoms with Crippen molar-refractivity contribution in [3.8, 4) is 5.75 Å². The lowest BCUT2D eigenvalue weighted by Gasteiger charge is -2.14. The first kappa shape index (κ1) is 14.1. The highest BCUT2D eigenvalue weighted by Crippen LogP contribution is 2.35. The summed E-state index contributed by atoms with van der Waals surface area (Å²) in [6.07, 6.45) is -2.56. The van der Waals surface area contributed by atoms with Crippen LogP contribution in [0.15, 0.2) is 18.2 Å². The minimum absolute atomic E-state index is 0.117. The van der Waals surface area contributed by atoms with E-state index in [2.05, 4.69) is 15.9 Å². The zero-order valence-corrected chi connectivity index (χ0v) is 11.1. The average molecular weight is 307 g/mol. The van der Waals surface area contributed by atoms with Gasteiger partial charge in [-0.2, -0.15) is 0 Å². The first-order valence-electron chi connectivity index (χ1n) is 5.16. The molecular formula is C12H13BrF2O2. The molecule has 0 aliphatic rings. The molecule has 1 unspecified atom stereocenters. The lowest BCUT2D eigenvalue weighted by Crippen LogP contribution is -2.05. The van der Waals surface area contributed by atoms with Crippen molar-refractivity contribution in [2.24, 2.45) is 0 Å². The summed E-state index contributed by atoms with van der Waals surface area (Å²) in [5, 5.41) is 0. The number of ether oxygens (including phenoxy) is 1. The Morgan fingerprint density at radius 2 is 2.12 bits per heavy atom. The Morgan fingerprint density at radius 3 is 2.59 bits per heavy atom. The van der Waals surface area contributed by atoms with Crippen molar-refractivity contribution in [3.63, 3.8) is 0 Å². The van der Waals surface area contributed by atoms with E-state index in [-0.39, 0.29) is 11.3 Å². The molecule has 0 aliphatic carbocycles. The van der Waals surface area contributed by atoms with Crippen LogP contribution in [-0.4, -0.2) is 12.4 Å². The zero-order chi connectivity index (χ0) is 13.0. The summed E-state index contributed by atoms with van der Waals surface area (Å²) in [7, 11) is 0. The first-order valence-corrected chi connectivity index (χ1v) is 6.08. The Labute approximate surface area is 107 Å². The van der Waals surface area contributed by atoms with Crippen LogP contribution in [0.1, 0.15) is 36.2 Å². The molecule has 5 heteroatoms. The molecule has 0 N–H and O–H groups in total. The number of halogens is 3. The van der Waals surface area contributed by atoms with Crippen molar-refractivity contribution in [2.45, 2.75) is 25.1 Å². The van der Waals surface area contributed by atoms with E-state index < -0.39 is 11.3 Å². The lowest BCUT2D eigenvalue weighted by molar-refractivity contribution is -0.116. The lowest BCUT2D eigenvalue weighted by atomic mass is 10.0. The van der Waals surface area contributed by atoms with E-state index in [0.717, 1.165) is 0 Å². The molecule has 0 spiro atoms. The van der Waals surface area contributed by atoms with E-state index >= 15 is 0 Å². The highest BCUT2D eigenvalue weighted by molar-refractivity contribution is 9.09. The molecule has 0 amide bonds. The van der Waals surface area contributed by atoms with Crippen molar-refractivity contribution in [2.75, 3.05) is 6.61 Å². The van der Waals surface area contributed by atoms with E-state index in [1.165, 1.54) is 25.1 Å². The third-order valence-corrected chi connectivity index (χ3v) is 3.35. The van der Waals surface area contributed by atoms with E-state index in [1.54, 1.807) is 6.92 Å². The van der Waals surface area contributed by atoms with Crippen LogP contribution in [0.25, 0.3) is 0 Å². The maximum absolute atomic E-state index is 12.6. The molecule has 0 radical (unpaired) electrons. The predicted octanol–water partition coefficient (Wildman–Crippen LogP) is 4.05. The highest BCUT2D eigenvalue weighted by Gasteiger charge is 2.20. The monoisotopic (exact) mass is 306 g/mol. The van der Waals surface area contributed by atoms with Gasteiger partial charge in [-0.25, -0.2) is 8.78 Å². The van der Waals surface area contributed by atoms with Crippen LogP contribution < -0.4 is 4.74 Å². The Morgan fingerprint density at radius 1 is 1.47 bits per heavy atom. The molecule has 0 fully saturated rings. The number of alkyl halides is 3. The van der Waals surface area contributed by atoms with Crippen LogP contribution in [0.2, 0.25) is 0 Å². The molecule has 1 atom stereocenters. The highest BCUT2D eigenvalue weighted by atomic mass is 79.9. The van der Waals surface area contributed by atoms with Crippen molar-refractivity contribution < 1.29 is 18.3 Å². The maximum Gasteiger partial charge on any atom is 0.263 e. The topological polar surface area (TPSA) is 26.3 Å². The molecule has 1 aromatic carbocycles. The maximum atomic E-state index is 12.6. The van der Waals surface area contributed by atoms with Crippen LogP contribution in [-0.2, 0) is 4.79 Å². The number of carbonyl (C=O) groups is 1. The van der Waals surface area contributed by atoms with Gasteiger partial charge in [-0.1, -0.05) is 15.9 Å². The summed E-state index contributed by atoms with van der Waals surface area (Å²) < 4.78 is 30.5. The van der Waals surface area contributed by atoms with Gasteiger partial charge in [0.05, 0.1) is 6.61 Å². The number of ketones is 1. The summed E-state index contributed by atoms with van der Waals surface area (Å²) >= 11 is 3.18. The van der Waals surface area contributed by atoms with Crippen molar-refractivity contribution in [1.29, 1.82) is 0 Å². The molecule has 1 rings (SSSR count). The van der Waals surface area contributed by atoms with Gasteiger partial charge < -0.3 is 4.74 Å². The Hall–Kier alpha value is -0.970. The number of carbonyl (C=O) groups excluding carboxylic acids is 1. The van der Waals surface area contributed by atoms with Gasteiger partial charge in [-0.05, 0) is 32.0 Å². The van der Waals surface area contributed by atoms with Gasteiger partial charge in [0.1, 0.15) is 16.4 Å². The summed E-state index contributed by atoms with van der Waals surface area (Å²) in [5.41, 5.74) is 0.325. The quantitative estimate of drug-likeness (QED) is 0.767. The van der Waals surface area contributed by atoms with Crippen LogP contribution in [0.3, 0.4) is 0 Å². The minimum Gasteiger partial charge on any atom is -0.494 e. The van der Waals surface area contributed by atoms with Crippen molar-refractivity contribution in [3.05, 3.63) is 29.3 Å². The fourth-order valence-corrected chi connectivity index (χ4v) is 1.76. The van der Waals surface area contributed by atoms with Gasteiger partial charge in [-0.15, -0.1) is 0 Å². The summed E-state index contributed by atoms with van der Waals surface area (Å²) in [6.45, 7) is 3.60. The zero-order valence-electron chi connectivity index (χ0n) is 9.54. The van der Waals surface area contributed by atoms with Gasteiger partial charge in [0, 0.05) is 11.1 Å². The molecular weight excluding hydrogens is 294 g/mol. The second-order valence-electron chi connectivity index (χ2n) is 3.50. The second kappa shape index (κ2) is 6.10. The fourth-order valence-electron chi connectivity index (χ4n) is 1.41. The van der Waals surface area contributed by atoms with E-state index in [0.29, 0.717) is 17.9 Å². The van der Waals surface area contributed by atoms with Gasteiger partial charge in [0.25, 0.3) is 6.43 Å².